The van der Waals surface area contributed by atoms with Crippen LogP contribution in [0.15, 0.2) is 48.5 Å². The van der Waals surface area contributed by atoms with Crippen LogP contribution in [0.1, 0.15) is 29.3 Å². The number of hydrogen-bond donors (Lipinski definition) is 0. The fourth-order valence-corrected chi connectivity index (χ4v) is 2.91. The second-order valence-electron chi connectivity index (χ2n) is 5.47. The van der Waals surface area contributed by atoms with Crippen LogP contribution in [0.2, 0.25) is 0 Å². The lowest BCUT2D eigenvalue weighted by molar-refractivity contribution is 0.668. The number of alkyl halides is 1. The highest BCUT2D eigenvalue weighted by Crippen LogP contribution is 2.24. The number of benzene rings is 2. The zero-order valence-corrected chi connectivity index (χ0v) is 13.1. The van der Waals surface area contributed by atoms with Gasteiger partial charge in [0.15, 0.2) is 0 Å². The molecule has 0 fully saturated rings. The molecule has 1 heterocycles. The van der Waals surface area contributed by atoms with E-state index in [2.05, 4.69) is 52.9 Å². The third-order valence-corrected chi connectivity index (χ3v) is 3.94. The summed E-state index contributed by atoms with van der Waals surface area (Å²) in [5.41, 5.74) is 4.83. The van der Waals surface area contributed by atoms with Gasteiger partial charge in [0.2, 0.25) is 0 Å². The molecule has 3 aromatic rings. The lowest BCUT2D eigenvalue weighted by Crippen LogP contribution is -2.07. The predicted octanol–water partition coefficient (Wildman–Crippen LogP) is 4.89. The summed E-state index contributed by atoms with van der Waals surface area (Å²) in [6, 6.07) is 16.9. The monoisotopic (exact) mass is 298 g/mol. The highest BCUT2D eigenvalue weighted by molar-refractivity contribution is 6.20. The Hall–Kier alpha value is -1.80. The van der Waals surface area contributed by atoms with Crippen LogP contribution in [0, 0.1) is 6.92 Å². The van der Waals surface area contributed by atoms with Gasteiger partial charge < -0.3 is 4.57 Å². The number of aromatic nitrogens is 2. The molecule has 0 N–H and O–H groups in total. The lowest BCUT2D eigenvalue weighted by atomic mass is 10.1. The Morgan fingerprint density at radius 1 is 1.14 bits per heavy atom. The third-order valence-electron chi connectivity index (χ3n) is 3.75. The molecule has 0 aliphatic carbocycles. The smallest absolute Gasteiger partial charge is 0.127 e. The molecule has 0 saturated carbocycles. The number of halogens is 1. The Morgan fingerprint density at radius 2 is 1.95 bits per heavy atom. The molecule has 21 heavy (non-hydrogen) atoms. The van der Waals surface area contributed by atoms with E-state index in [0.29, 0.717) is 0 Å². The number of para-hydroxylation sites is 2. The Balaban J connectivity index is 1.93. The molecule has 3 heteroatoms. The fourth-order valence-electron chi connectivity index (χ4n) is 2.74. The van der Waals surface area contributed by atoms with Crippen molar-refractivity contribution in [2.75, 3.05) is 0 Å². The lowest BCUT2D eigenvalue weighted by Gasteiger charge is -2.11. The molecule has 2 nitrogen and oxygen atoms in total. The van der Waals surface area contributed by atoms with Crippen molar-refractivity contribution in [3.63, 3.8) is 0 Å². The van der Waals surface area contributed by atoms with Crippen LogP contribution in [0.25, 0.3) is 11.0 Å². The molecule has 0 saturated heterocycles. The number of fused-ring (bicyclic) bond motifs is 1. The summed E-state index contributed by atoms with van der Waals surface area (Å²) in [4.78, 5) is 4.67. The molecular weight excluding hydrogens is 280 g/mol. The number of imidazole rings is 1. The molecule has 0 spiro atoms. The maximum atomic E-state index is 6.30. The van der Waals surface area contributed by atoms with Crippen LogP contribution in [0.5, 0.6) is 0 Å². The molecule has 1 unspecified atom stereocenters. The molecule has 0 bridgehead atoms. The molecule has 2 aromatic carbocycles. The fraction of sp³-hybridized carbons (Fsp3) is 0.278. The number of aryl methyl sites for hydroxylation is 3. The second kappa shape index (κ2) is 5.90. The topological polar surface area (TPSA) is 17.8 Å². The summed E-state index contributed by atoms with van der Waals surface area (Å²) in [5.74, 6) is 0.950. The Labute approximate surface area is 130 Å². The normalized spacial score (nSPS) is 12.7. The standard InChI is InChI=1S/C18H19ClN2/c1-13-6-5-7-15(12-13)10-11-21-17-9-4-3-8-16(17)20-18(21)14(2)19/h3-9,12,14H,10-11H2,1-2H3. The zero-order valence-electron chi connectivity index (χ0n) is 12.4. The molecule has 0 aliphatic heterocycles. The third kappa shape index (κ3) is 2.96. The minimum Gasteiger partial charge on any atom is -0.326 e. The van der Waals surface area contributed by atoms with Gasteiger partial charge >= 0.3 is 0 Å². The molecule has 1 atom stereocenters. The SMILES string of the molecule is Cc1cccc(CCn2c(C(C)Cl)nc3ccccc32)c1. The van der Waals surface area contributed by atoms with E-state index in [1.165, 1.54) is 11.1 Å². The van der Waals surface area contributed by atoms with Crippen molar-refractivity contribution in [2.24, 2.45) is 0 Å². The van der Waals surface area contributed by atoms with Crippen LogP contribution >= 0.6 is 11.6 Å². The Bertz CT molecular complexity index is 759. The van der Waals surface area contributed by atoms with Crippen LogP contribution in [-0.4, -0.2) is 9.55 Å². The van der Waals surface area contributed by atoms with E-state index in [1.54, 1.807) is 0 Å². The average molecular weight is 299 g/mol. The molecule has 0 aliphatic rings. The minimum atomic E-state index is -0.0880. The first kappa shape index (κ1) is 14.2. The zero-order chi connectivity index (χ0) is 14.8. The van der Waals surface area contributed by atoms with Gasteiger partial charge in [-0.15, -0.1) is 11.6 Å². The summed E-state index contributed by atoms with van der Waals surface area (Å²) in [6.45, 7) is 5.00. The summed E-state index contributed by atoms with van der Waals surface area (Å²) in [7, 11) is 0. The van der Waals surface area contributed by atoms with Crippen molar-refractivity contribution in [3.05, 3.63) is 65.5 Å². The van der Waals surface area contributed by atoms with Crippen LogP contribution in [0.3, 0.4) is 0 Å². The van der Waals surface area contributed by atoms with E-state index < -0.39 is 0 Å². The van der Waals surface area contributed by atoms with Gasteiger partial charge in [0, 0.05) is 6.54 Å². The summed E-state index contributed by atoms with van der Waals surface area (Å²) in [6.07, 6.45) is 0.985. The molecule has 1 aromatic heterocycles. The van der Waals surface area contributed by atoms with Gasteiger partial charge in [0.25, 0.3) is 0 Å². The summed E-state index contributed by atoms with van der Waals surface area (Å²) < 4.78 is 2.25. The van der Waals surface area contributed by atoms with Crippen LogP contribution in [0.4, 0.5) is 0 Å². The van der Waals surface area contributed by atoms with Gasteiger partial charge in [0.05, 0.1) is 16.4 Å². The van der Waals surface area contributed by atoms with Gasteiger partial charge in [-0.25, -0.2) is 4.98 Å². The number of hydrogen-bond acceptors (Lipinski definition) is 1. The number of nitrogens with zero attached hydrogens (tertiary/aromatic N) is 2. The number of rotatable bonds is 4. The van der Waals surface area contributed by atoms with Gasteiger partial charge in [0.1, 0.15) is 5.82 Å². The molecule has 3 rings (SSSR count). The van der Waals surface area contributed by atoms with Crippen LogP contribution in [-0.2, 0) is 13.0 Å². The highest BCUT2D eigenvalue weighted by atomic mass is 35.5. The Morgan fingerprint density at radius 3 is 2.71 bits per heavy atom. The Kier molecular flexibility index (Phi) is 3.98. The van der Waals surface area contributed by atoms with Gasteiger partial charge in [-0.2, -0.15) is 0 Å². The predicted molar refractivity (Wildman–Crippen MR) is 88.9 cm³/mol. The van der Waals surface area contributed by atoms with E-state index in [9.17, 15) is 0 Å². The first-order chi connectivity index (χ1) is 10.1. The molecular formula is C18H19ClN2. The quantitative estimate of drug-likeness (QED) is 0.627. The van der Waals surface area contributed by atoms with E-state index in [1.807, 2.05) is 19.1 Å². The van der Waals surface area contributed by atoms with E-state index in [-0.39, 0.29) is 5.38 Å². The molecule has 0 radical (unpaired) electrons. The van der Waals surface area contributed by atoms with Gasteiger partial charge in [-0.1, -0.05) is 42.0 Å². The molecule has 0 amide bonds. The van der Waals surface area contributed by atoms with Crippen molar-refractivity contribution in [3.8, 4) is 0 Å². The molecule has 108 valence electrons. The highest BCUT2D eigenvalue weighted by Gasteiger charge is 2.14. The van der Waals surface area contributed by atoms with Crippen molar-refractivity contribution in [1.82, 2.24) is 9.55 Å². The van der Waals surface area contributed by atoms with E-state index in [4.69, 9.17) is 11.6 Å². The maximum absolute atomic E-state index is 6.30. The largest absolute Gasteiger partial charge is 0.326 e. The van der Waals surface area contributed by atoms with Gasteiger partial charge in [-0.05, 0) is 38.0 Å². The first-order valence-corrected chi connectivity index (χ1v) is 7.73. The van der Waals surface area contributed by atoms with Crippen molar-refractivity contribution in [2.45, 2.75) is 32.2 Å². The van der Waals surface area contributed by atoms with Crippen LogP contribution < -0.4 is 0 Å². The second-order valence-corrected chi connectivity index (χ2v) is 6.12. The minimum absolute atomic E-state index is 0.0880. The average Bonchev–Trinajstić information content (AvgIpc) is 2.84. The van der Waals surface area contributed by atoms with E-state index >= 15 is 0 Å². The van der Waals surface area contributed by atoms with Gasteiger partial charge in [-0.3, -0.25) is 0 Å². The van der Waals surface area contributed by atoms with Crippen molar-refractivity contribution in [1.29, 1.82) is 0 Å². The summed E-state index contributed by atoms with van der Waals surface area (Å²) in [5, 5.41) is -0.0880. The first-order valence-electron chi connectivity index (χ1n) is 7.30. The maximum Gasteiger partial charge on any atom is 0.127 e. The summed E-state index contributed by atoms with van der Waals surface area (Å²) >= 11 is 6.30. The van der Waals surface area contributed by atoms with Crippen molar-refractivity contribution < 1.29 is 0 Å². The van der Waals surface area contributed by atoms with E-state index in [0.717, 1.165) is 29.8 Å². The van der Waals surface area contributed by atoms with Crippen molar-refractivity contribution >= 4 is 22.6 Å².